The zero-order valence-electron chi connectivity index (χ0n) is 25.4. The number of hydrogen-bond acceptors (Lipinski definition) is 6. The molecule has 9 heteroatoms. The molecule has 9 nitrogen and oxygen atoms in total. The summed E-state index contributed by atoms with van der Waals surface area (Å²) in [5.74, 6) is -0.911. The third-order valence-electron chi connectivity index (χ3n) is 6.61. The van der Waals surface area contributed by atoms with Crippen LogP contribution in [0, 0.1) is 6.92 Å². The van der Waals surface area contributed by atoms with Crippen molar-refractivity contribution in [2.45, 2.75) is 78.1 Å². The summed E-state index contributed by atoms with van der Waals surface area (Å²) in [7, 11) is 1.56. The van der Waals surface area contributed by atoms with Gasteiger partial charge in [0, 0.05) is 43.9 Å². The molecule has 3 atom stereocenters. The highest BCUT2D eigenvalue weighted by Crippen LogP contribution is 2.16. The summed E-state index contributed by atoms with van der Waals surface area (Å²) in [6.45, 7) is 11.6. The van der Waals surface area contributed by atoms with Crippen molar-refractivity contribution in [3.8, 4) is 0 Å². The number of carbonyl (C=O) groups excluding carboxylic acids is 3. The number of nitrogens with zero attached hydrogens (tertiary/aromatic N) is 1. The van der Waals surface area contributed by atoms with Gasteiger partial charge in [0.2, 0.25) is 5.91 Å². The summed E-state index contributed by atoms with van der Waals surface area (Å²) in [5.41, 5.74) is 2.45. The van der Waals surface area contributed by atoms with Gasteiger partial charge >= 0.3 is 0 Å². The summed E-state index contributed by atoms with van der Waals surface area (Å²) in [5, 5.41) is 20.5. The molecule has 41 heavy (non-hydrogen) atoms. The van der Waals surface area contributed by atoms with Gasteiger partial charge in [0.25, 0.3) is 11.8 Å². The zero-order valence-corrected chi connectivity index (χ0v) is 25.4. The molecule has 0 saturated carbocycles. The Morgan fingerprint density at radius 2 is 1.59 bits per heavy atom. The number of aliphatic hydroxyl groups is 1. The van der Waals surface area contributed by atoms with E-state index in [1.807, 2.05) is 69.9 Å². The highest BCUT2D eigenvalue weighted by Gasteiger charge is 2.34. The van der Waals surface area contributed by atoms with Gasteiger partial charge in [-0.3, -0.25) is 14.4 Å². The Bertz CT molecular complexity index is 1100. The molecule has 0 fully saturated rings. The highest BCUT2D eigenvalue weighted by molar-refractivity contribution is 6.00. The fourth-order valence-electron chi connectivity index (χ4n) is 4.74. The van der Waals surface area contributed by atoms with Crippen LogP contribution in [-0.2, 0) is 16.0 Å². The van der Waals surface area contributed by atoms with Crippen LogP contribution in [0.2, 0.25) is 0 Å². The second-order valence-electron chi connectivity index (χ2n) is 10.7. The first-order valence-electron chi connectivity index (χ1n) is 14.6. The normalized spacial score (nSPS) is 13.4. The van der Waals surface area contributed by atoms with Crippen molar-refractivity contribution in [3.05, 3.63) is 70.8 Å². The second-order valence-corrected chi connectivity index (χ2v) is 10.7. The Morgan fingerprint density at radius 3 is 2.17 bits per heavy atom. The van der Waals surface area contributed by atoms with E-state index in [2.05, 4.69) is 16.0 Å². The standard InChI is InChI=1S/C32H48N4O5/c1-7-15-36(16-8-2)32(40)26-19-23(5)18-25(21-26)30(38)35-27(20-24-12-10-9-11-13-24)29(37)28(33-14-17-41-6)31(39)34-22(3)4/h9-13,18-19,21-22,27-29,33,37H,7-8,14-17,20H2,1-6H3,(H,34,39)(H,35,38)/t27-,28+,29+/m0/s1. The Balaban J connectivity index is 2.40. The van der Waals surface area contributed by atoms with E-state index < -0.39 is 24.1 Å². The number of carbonyl (C=O) groups is 3. The molecule has 0 radical (unpaired) electrons. The molecule has 0 aliphatic rings. The topological polar surface area (TPSA) is 120 Å². The maximum Gasteiger partial charge on any atom is 0.253 e. The van der Waals surface area contributed by atoms with Crippen molar-refractivity contribution in [3.63, 3.8) is 0 Å². The maximum atomic E-state index is 13.6. The van der Waals surface area contributed by atoms with Gasteiger partial charge in [0.15, 0.2) is 0 Å². The molecule has 226 valence electrons. The maximum absolute atomic E-state index is 13.6. The lowest BCUT2D eigenvalue weighted by molar-refractivity contribution is -0.127. The number of aryl methyl sites for hydroxylation is 1. The first kappa shape index (κ1) is 33.9. The van der Waals surface area contributed by atoms with E-state index in [0.29, 0.717) is 43.8 Å². The van der Waals surface area contributed by atoms with Crippen LogP contribution in [0.1, 0.15) is 72.4 Å². The van der Waals surface area contributed by atoms with Gasteiger partial charge in [-0.05, 0) is 69.4 Å². The van der Waals surface area contributed by atoms with E-state index in [4.69, 9.17) is 4.74 Å². The molecule has 3 amide bonds. The fourth-order valence-corrected chi connectivity index (χ4v) is 4.74. The number of amides is 3. The molecule has 0 aliphatic heterocycles. The Labute approximate surface area is 245 Å². The summed E-state index contributed by atoms with van der Waals surface area (Å²) in [6, 6.07) is 12.7. The van der Waals surface area contributed by atoms with Gasteiger partial charge in [-0.1, -0.05) is 44.2 Å². The van der Waals surface area contributed by atoms with Crippen LogP contribution in [-0.4, -0.2) is 85.3 Å². The smallest absolute Gasteiger partial charge is 0.253 e. The lowest BCUT2D eigenvalue weighted by Gasteiger charge is -2.31. The lowest BCUT2D eigenvalue weighted by Crippen LogP contribution is -2.60. The van der Waals surface area contributed by atoms with Crippen LogP contribution in [0.3, 0.4) is 0 Å². The summed E-state index contributed by atoms with van der Waals surface area (Å²) in [6.07, 6.45) is 0.719. The van der Waals surface area contributed by atoms with Crippen molar-refractivity contribution in [2.24, 2.45) is 0 Å². The highest BCUT2D eigenvalue weighted by atomic mass is 16.5. The molecule has 0 bridgehead atoms. The molecule has 0 unspecified atom stereocenters. The van der Waals surface area contributed by atoms with E-state index >= 15 is 0 Å². The molecule has 0 saturated heterocycles. The largest absolute Gasteiger partial charge is 0.389 e. The van der Waals surface area contributed by atoms with E-state index in [0.717, 1.165) is 24.0 Å². The van der Waals surface area contributed by atoms with E-state index in [-0.39, 0.29) is 17.9 Å². The minimum atomic E-state index is -1.26. The molecular weight excluding hydrogens is 520 g/mol. The van der Waals surface area contributed by atoms with Gasteiger partial charge in [-0.25, -0.2) is 0 Å². The lowest BCUT2D eigenvalue weighted by atomic mass is 9.94. The summed E-state index contributed by atoms with van der Waals surface area (Å²) < 4.78 is 5.12. The average Bonchev–Trinajstić information content (AvgIpc) is 2.94. The Kier molecular flexibility index (Phi) is 14.5. The zero-order chi connectivity index (χ0) is 30.4. The van der Waals surface area contributed by atoms with E-state index in [9.17, 15) is 19.5 Å². The van der Waals surface area contributed by atoms with Gasteiger partial charge in [0.1, 0.15) is 6.04 Å². The van der Waals surface area contributed by atoms with Crippen LogP contribution >= 0.6 is 0 Å². The predicted molar refractivity (Wildman–Crippen MR) is 162 cm³/mol. The van der Waals surface area contributed by atoms with Crippen molar-refractivity contribution in [2.75, 3.05) is 33.4 Å². The van der Waals surface area contributed by atoms with Crippen LogP contribution in [0.5, 0.6) is 0 Å². The van der Waals surface area contributed by atoms with E-state index in [1.165, 1.54) is 0 Å². The molecule has 0 aliphatic carbocycles. The SMILES string of the molecule is CCCN(CCC)C(=O)c1cc(C)cc(C(=O)N[C@@H](Cc2ccccc2)[C@@H](O)[C@@H](NCCOC)C(=O)NC(C)C)c1. The van der Waals surface area contributed by atoms with Gasteiger partial charge in [0.05, 0.1) is 18.8 Å². The number of methoxy groups -OCH3 is 1. The second kappa shape index (κ2) is 17.5. The first-order valence-corrected chi connectivity index (χ1v) is 14.6. The van der Waals surface area contributed by atoms with Crippen LogP contribution in [0.25, 0.3) is 0 Å². The molecule has 4 N–H and O–H groups in total. The monoisotopic (exact) mass is 568 g/mol. The summed E-state index contributed by atoms with van der Waals surface area (Å²) >= 11 is 0. The molecule has 0 heterocycles. The van der Waals surface area contributed by atoms with E-state index in [1.54, 1.807) is 25.3 Å². The third-order valence-corrected chi connectivity index (χ3v) is 6.61. The molecule has 2 aromatic carbocycles. The van der Waals surface area contributed by atoms with Crippen molar-refractivity contribution in [1.29, 1.82) is 0 Å². The van der Waals surface area contributed by atoms with Crippen molar-refractivity contribution < 1.29 is 24.2 Å². The van der Waals surface area contributed by atoms with Crippen LogP contribution in [0.15, 0.2) is 48.5 Å². The minimum Gasteiger partial charge on any atom is -0.389 e. The van der Waals surface area contributed by atoms with Crippen LogP contribution in [0.4, 0.5) is 0 Å². The third kappa shape index (κ3) is 10.9. The van der Waals surface area contributed by atoms with Gasteiger partial charge in [-0.15, -0.1) is 0 Å². The quantitative estimate of drug-likeness (QED) is 0.218. The minimum absolute atomic E-state index is 0.111. The number of benzene rings is 2. The number of ether oxygens (including phenoxy) is 1. The number of nitrogens with one attached hydrogen (secondary N) is 3. The van der Waals surface area contributed by atoms with Gasteiger partial charge < -0.3 is 30.7 Å². The number of aliphatic hydroxyl groups excluding tert-OH is 1. The molecule has 0 spiro atoms. The van der Waals surface area contributed by atoms with Crippen molar-refractivity contribution >= 4 is 17.7 Å². The summed E-state index contributed by atoms with van der Waals surface area (Å²) in [4.78, 5) is 41.8. The number of rotatable bonds is 17. The average molecular weight is 569 g/mol. The Hall–Kier alpha value is -3.27. The fraction of sp³-hybridized carbons (Fsp3) is 0.531. The number of hydrogen-bond donors (Lipinski definition) is 4. The molecular formula is C32H48N4O5. The molecule has 0 aromatic heterocycles. The van der Waals surface area contributed by atoms with Crippen LogP contribution < -0.4 is 16.0 Å². The first-order chi connectivity index (χ1) is 19.6. The predicted octanol–water partition coefficient (Wildman–Crippen LogP) is 3.09. The Morgan fingerprint density at radius 1 is 0.951 bits per heavy atom. The van der Waals surface area contributed by atoms with Gasteiger partial charge in [-0.2, -0.15) is 0 Å². The molecule has 2 aromatic rings. The van der Waals surface area contributed by atoms with Crippen molar-refractivity contribution in [1.82, 2.24) is 20.9 Å². The molecule has 2 rings (SSSR count).